The van der Waals surface area contributed by atoms with Crippen LogP contribution >= 0.6 is 35.0 Å². The number of nitrogens with one attached hydrogen (secondary N) is 1. The Balaban J connectivity index is 1.83. The quantitative estimate of drug-likeness (QED) is 0.621. The van der Waals surface area contributed by atoms with E-state index in [1.54, 1.807) is 41.3 Å². The number of benzene rings is 2. The molecular formula is C20H22Cl2N2O2S. The molecule has 0 aliphatic heterocycles. The van der Waals surface area contributed by atoms with Gasteiger partial charge >= 0.3 is 0 Å². The first-order chi connectivity index (χ1) is 12.9. The summed E-state index contributed by atoms with van der Waals surface area (Å²) in [5.41, 5.74) is 2.30. The molecule has 2 aromatic carbocycles. The van der Waals surface area contributed by atoms with E-state index < -0.39 is 0 Å². The van der Waals surface area contributed by atoms with Crippen LogP contribution < -0.4 is 5.32 Å². The van der Waals surface area contributed by atoms with Crippen molar-refractivity contribution in [1.29, 1.82) is 0 Å². The van der Waals surface area contributed by atoms with Crippen molar-refractivity contribution in [2.45, 2.75) is 19.6 Å². The Morgan fingerprint density at radius 1 is 1.00 bits per heavy atom. The predicted molar refractivity (Wildman–Crippen MR) is 115 cm³/mol. The molecule has 0 aliphatic rings. The lowest BCUT2D eigenvalue weighted by atomic mass is 10.2. The minimum Gasteiger partial charge on any atom is -0.339 e. The number of halogens is 2. The van der Waals surface area contributed by atoms with Crippen LogP contribution in [0.3, 0.4) is 0 Å². The van der Waals surface area contributed by atoms with Crippen LogP contribution in [0.2, 0.25) is 10.0 Å². The number of nitrogens with zero attached hydrogens (tertiary/aromatic N) is 1. The van der Waals surface area contributed by atoms with Gasteiger partial charge in [-0.3, -0.25) is 9.59 Å². The summed E-state index contributed by atoms with van der Waals surface area (Å²) < 4.78 is 0. The van der Waals surface area contributed by atoms with Crippen molar-refractivity contribution in [3.63, 3.8) is 0 Å². The fourth-order valence-electron chi connectivity index (χ4n) is 2.48. The first-order valence-electron chi connectivity index (χ1n) is 8.65. The molecule has 0 aliphatic carbocycles. The molecule has 2 rings (SSSR count). The zero-order chi connectivity index (χ0) is 19.8. The maximum Gasteiger partial charge on any atom is 0.253 e. The Bertz CT molecular complexity index is 793. The van der Waals surface area contributed by atoms with Gasteiger partial charge in [-0.1, -0.05) is 29.3 Å². The Kier molecular flexibility index (Phi) is 8.48. The van der Waals surface area contributed by atoms with E-state index >= 15 is 0 Å². The molecule has 27 heavy (non-hydrogen) atoms. The van der Waals surface area contributed by atoms with Gasteiger partial charge in [0, 0.05) is 30.1 Å². The molecule has 0 unspecified atom stereocenters. The molecule has 0 saturated carbocycles. The number of carbonyl (C=O) groups excluding carboxylic acids is 2. The molecule has 0 aromatic heterocycles. The van der Waals surface area contributed by atoms with Gasteiger partial charge in [0.1, 0.15) is 0 Å². The first kappa shape index (κ1) is 21.6. The SMILES string of the molecule is CCN(CC)C(=O)c1ccc(NC(=O)CSCc2ccc(Cl)c(Cl)c2)cc1. The molecule has 0 radical (unpaired) electrons. The Labute approximate surface area is 174 Å². The summed E-state index contributed by atoms with van der Waals surface area (Å²) in [5, 5.41) is 3.87. The van der Waals surface area contributed by atoms with Crippen molar-refractivity contribution in [3.8, 4) is 0 Å². The molecule has 2 amide bonds. The number of amides is 2. The van der Waals surface area contributed by atoms with Crippen molar-refractivity contribution < 1.29 is 9.59 Å². The van der Waals surface area contributed by atoms with Gasteiger partial charge in [0.15, 0.2) is 0 Å². The second-order valence-corrected chi connectivity index (χ2v) is 7.64. The van der Waals surface area contributed by atoms with Gasteiger partial charge in [0.25, 0.3) is 5.91 Å². The number of anilines is 1. The molecule has 0 heterocycles. The summed E-state index contributed by atoms with van der Waals surface area (Å²) in [6.45, 7) is 5.24. The molecule has 0 spiro atoms. The van der Waals surface area contributed by atoms with Gasteiger partial charge in [0.2, 0.25) is 5.91 Å². The third kappa shape index (κ3) is 6.45. The third-order valence-electron chi connectivity index (χ3n) is 3.95. The highest BCUT2D eigenvalue weighted by Gasteiger charge is 2.12. The number of carbonyl (C=O) groups is 2. The average Bonchev–Trinajstić information content (AvgIpc) is 2.66. The highest BCUT2D eigenvalue weighted by atomic mass is 35.5. The Hall–Kier alpha value is -1.69. The van der Waals surface area contributed by atoms with E-state index in [4.69, 9.17) is 23.2 Å². The molecule has 0 saturated heterocycles. The van der Waals surface area contributed by atoms with Gasteiger partial charge in [-0.05, 0) is 55.8 Å². The fraction of sp³-hybridized carbons (Fsp3) is 0.300. The molecule has 0 atom stereocenters. The lowest BCUT2D eigenvalue weighted by Gasteiger charge is -2.18. The summed E-state index contributed by atoms with van der Waals surface area (Å²) in [4.78, 5) is 26.1. The van der Waals surface area contributed by atoms with E-state index in [9.17, 15) is 9.59 Å². The van der Waals surface area contributed by atoms with E-state index in [1.807, 2.05) is 19.9 Å². The number of rotatable bonds is 8. The van der Waals surface area contributed by atoms with E-state index in [1.165, 1.54) is 11.8 Å². The van der Waals surface area contributed by atoms with Crippen molar-refractivity contribution in [1.82, 2.24) is 4.90 Å². The fourth-order valence-corrected chi connectivity index (χ4v) is 3.57. The van der Waals surface area contributed by atoms with Crippen LogP contribution in [0, 0.1) is 0 Å². The molecule has 7 heteroatoms. The first-order valence-corrected chi connectivity index (χ1v) is 10.6. The summed E-state index contributed by atoms with van der Waals surface area (Å²) in [7, 11) is 0. The van der Waals surface area contributed by atoms with Crippen molar-refractivity contribution >= 4 is 52.5 Å². The van der Waals surface area contributed by atoms with Crippen LogP contribution in [0.1, 0.15) is 29.8 Å². The van der Waals surface area contributed by atoms with Crippen LogP contribution in [0.15, 0.2) is 42.5 Å². The molecule has 2 aromatic rings. The second-order valence-electron chi connectivity index (χ2n) is 5.84. The van der Waals surface area contributed by atoms with Gasteiger partial charge in [-0.2, -0.15) is 0 Å². The zero-order valence-corrected chi connectivity index (χ0v) is 17.6. The topological polar surface area (TPSA) is 49.4 Å². The molecule has 0 fully saturated rings. The summed E-state index contributed by atoms with van der Waals surface area (Å²) in [5.74, 6) is 0.889. The standard InChI is InChI=1S/C20H22Cl2N2O2S/c1-3-24(4-2)20(26)15-6-8-16(9-7-15)23-19(25)13-27-12-14-5-10-17(21)18(22)11-14/h5-11H,3-4,12-13H2,1-2H3,(H,23,25). The summed E-state index contributed by atoms with van der Waals surface area (Å²) in [6, 6.07) is 12.4. The van der Waals surface area contributed by atoms with Crippen LogP contribution in [-0.4, -0.2) is 35.6 Å². The van der Waals surface area contributed by atoms with Gasteiger partial charge in [-0.25, -0.2) is 0 Å². The van der Waals surface area contributed by atoms with E-state index in [2.05, 4.69) is 5.32 Å². The van der Waals surface area contributed by atoms with Crippen LogP contribution in [-0.2, 0) is 10.5 Å². The Morgan fingerprint density at radius 3 is 2.26 bits per heavy atom. The number of hydrogen-bond donors (Lipinski definition) is 1. The smallest absolute Gasteiger partial charge is 0.253 e. The maximum atomic E-state index is 12.3. The second kappa shape index (κ2) is 10.6. The zero-order valence-electron chi connectivity index (χ0n) is 15.3. The van der Waals surface area contributed by atoms with Crippen LogP contribution in [0.4, 0.5) is 5.69 Å². The minimum absolute atomic E-state index is 0.00458. The van der Waals surface area contributed by atoms with Crippen molar-refractivity contribution in [2.75, 3.05) is 24.2 Å². The summed E-state index contributed by atoms with van der Waals surface area (Å²) >= 11 is 13.4. The normalized spacial score (nSPS) is 10.5. The number of thioether (sulfide) groups is 1. The van der Waals surface area contributed by atoms with E-state index in [-0.39, 0.29) is 11.8 Å². The monoisotopic (exact) mass is 424 g/mol. The maximum absolute atomic E-state index is 12.3. The average molecular weight is 425 g/mol. The van der Waals surface area contributed by atoms with Crippen molar-refractivity contribution in [3.05, 3.63) is 63.6 Å². The van der Waals surface area contributed by atoms with E-state index in [0.717, 1.165) is 5.56 Å². The predicted octanol–water partition coefficient (Wildman–Crippen LogP) is 5.35. The van der Waals surface area contributed by atoms with Crippen LogP contribution in [0.5, 0.6) is 0 Å². The Morgan fingerprint density at radius 2 is 1.67 bits per heavy atom. The molecule has 4 nitrogen and oxygen atoms in total. The molecule has 0 bridgehead atoms. The largest absolute Gasteiger partial charge is 0.339 e. The molecular weight excluding hydrogens is 403 g/mol. The van der Waals surface area contributed by atoms with Gasteiger partial charge in [0.05, 0.1) is 15.8 Å². The van der Waals surface area contributed by atoms with Gasteiger partial charge in [-0.15, -0.1) is 11.8 Å². The van der Waals surface area contributed by atoms with Crippen molar-refractivity contribution in [2.24, 2.45) is 0 Å². The van der Waals surface area contributed by atoms with Crippen LogP contribution in [0.25, 0.3) is 0 Å². The summed E-state index contributed by atoms with van der Waals surface area (Å²) in [6.07, 6.45) is 0. The minimum atomic E-state index is -0.0946. The molecule has 1 N–H and O–H groups in total. The lowest BCUT2D eigenvalue weighted by molar-refractivity contribution is -0.113. The highest BCUT2D eigenvalue weighted by molar-refractivity contribution is 7.99. The van der Waals surface area contributed by atoms with Gasteiger partial charge < -0.3 is 10.2 Å². The van der Waals surface area contributed by atoms with E-state index in [0.29, 0.717) is 45.9 Å². The number of hydrogen-bond acceptors (Lipinski definition) is 3. The third-order valence-corrected chi connectivity index (χ3v) is 5.69. The molecule has 144 valence electrons. The lowest BCUT2D eigenvalue weighted by Crippen LogP contribution is -2.30. The highest BCUT2D eigenvalue weighted by Crippen LogP contribution is 2.24.